The van der Waals surface area contributed by atoms with Gasteiger partial charge in [-0.3, -0.25) is 9.59 Å². The second-order valence-corrected chi connectivity index (χ2v) is 3.35. The highest BCUT2D eigenvalue weighted by atomic mass is 79.9. The molecule has 1 rings (SSSR count). The minimum Gasteiger partial charge on any atom is -0.298 e. The molecule has 2 nitrogen and oxygen atoms in total. The number of ketones is 1. The van der Waals surface area contributed by atoms with Gasteiger partial charge < -0.3 is 0 Å². The van der Waals surface area contributed by atoms with Crippen LogP contribution in [0.4, 0.5) is 4.39 Å². The Bertz CT molecular complexity index is 374. The van der Waals surface area contributed by atoms with E-state index in [0.29, 0.717) is 10.8 Å². The zero-order chi connectivity index (χ0) is 10.0. The Morgan fingerprint density at radius 3 is 2.54 bits per heavy atom. The molecule has 0 unspecified atom stereocenters. The van der Waals surface area contributed by atoms with E-state index in [1.807, 2.05) is 0 Å². The maximum absolute atomic E-state index is 13.0. The van der Waals surface area contributed by atoms with Gasteiger partial charge in [0.1, 0.15) is 5.82 Å². The smallest absolute Gasteiger partial charge is 0.161 e. The summed E-state index contributed by atoms with van der Waals surface area (Å²) in [4.78, 5) is 21.5. The summed E-state index contributed by atoms with van der Waals surface area (Å²) in [7, 11) is 0. The first kappa shape index (κ1) is 10.1. The van der Waals surface area contributed by atoms with Gasteiger partial charge in [-0.1, -0.05) is 15.9 Å². The van der Waals surface area contributed by atoms with Crippen molar-refractivity contribution in [3.63, 3.8) is 0 Å². The van der Waals surface area contributed by atoms with Gasteiger partial charge in [0.05, 0.1) is 5.56 Å². The Morgan fingerprint density at radius 2 is 2.15 bits per heavy atom. The summed E-state index contributed by atoms with van der Waals surface area (Å²) in [6, 6.07) is 2.54. The Morgan fingerprint density at radius 1 is 1.54 bits per heavy atom. The average molecular weight is 245 g/mol. The summed E-state index contributed by atoms with van der Waals surface area (Å²) in [6.45, 7) is 1.28. The summed E-state index contributed by atoms with van der Waals surface area (Å²) in [5.41, 5.74) is -0.100. The van der Waals surface area contributed by atoms with Crippen LogP contribution in [0.5, 0.6) is 0 Å². The zero-order valence-corrected chi connectivity index (χ0v) is 8.39. The molecule has 0 N–H and O–H groups in total. The van der Waals surface area contributed by atoms with Crippen LogP contribution in [0.2, 0.25) is 0 Å². The van der Waals surface area contributed by atoms with Crippen molar-refractivity contribution in [1.82, 2.24) is 0 Å². The molecule has 1 aromatic rings. The van der Waals surface area contributed by atoms with Gasteiger partial charge >= 0.3 is 0 Å². The fraction of sp³-hybridized carbons (Fsp3) is 0.111. The van der Waals surface area contributed by atoms with Crippen LogP contribution in [0.25, 0.3) is 0 Å². The third-order valence-corrected chi connectivity index (χ3v) is 2.27. The van der Waals surface area contributed by atoms with Crippen LogP contribution >= 0.6 is 15.9 Å². The molecule has 0 aromatic heterocycles. The Labute approximate surface area is 82.9 Å². The van der Waals surface area contributed by atoms with E-state index in [-0.39, 0.29) is 16.9 Å². The Kier molecular flexibility index (Phi) is 2.93. The van der Waals surface area contributed by atoms with Gasteiger partial charge in [-0.2, -0.15) is 0 Å². The lowest BCUT2D eigenvalue weighted by Crippen LogP contribution is -2.02. The largest absolute Gasteiger partial charge is 0.298 e. The molecule has 0 fully saturated rings. The van der Waals surface area contributed by atoms with E-state index >= 15 is 0 Å². The average Bonchev–Trinajstić information content (AvgIpc) is 2.07. The van der Waals surface area contributed by atoms with Crippen molar-refractivity contribution in [1.29, 1.82) is 0 Å². The first-order valence-corrected chi connectivity index (χ1v) is 4.31. The highest BCUT2D eigenvalue weighted by Gasteiger charge is 2.14. The number of aldehydes is 1. The molecule has 0 atom stereocenters. The van der Waals surface area contributed by atoms with Gasteiger partial charge in [0.25, 0.3) is 0 Å². The minimum absolute atomic E-state index is 0.0926. The zero-order valence-electron chi connectivity index (χ0n) is 6.80. The predicted octanol–water partition coefficient (Wildman–Crippen LogP) is 2.60. The fourth-order valence-corrected chi connectivity index (χ4v) is 1.67. The second kappa shape index (κ2) is 3.79. The molecular formula is C9H6BrFO2. The topological polar surface area (TPSA) is 34.1 Å². The normalized spacial score (nSPS) is 9.77. The van der Waals surface area contributed by atoms with Crippen LogP contribution in [-0.4, -0.2) is 12.1 Å². The fourth-order valence-electron chi connectivity index (χ4n) is 1.04. The molecule has 68 valence electrons. The van der Waals surface area contributed by atoms with Crippen LogP contribution in [0, 0.1) is 5.82 Å². The van der Waals surface area contributed by atoms with Gasteiger partial charge in [0.15, 0.2) is 12.1 Å². The molecule has 0 aliphatic carbocycles. The predicted molar refractivity (Wildman–Crippen MR) is 49.5 cm³/mol. The molecule has 0 aliphatic heterocycles. The van der Waals surface area contributed by atoms with E-state index in [4.69, 9.17) is 0 Å². The third kappa shape index (κ3) is 1.83. The Balaban J connectivity index is 3.52. The van der Waals surface area contributed by atoms with Gasteiger partial charge in [0.2, 0.25) is 0 Å². The number of hydrogen-bond acceptors (Lipinski definition) is 2. The highest BCUT2D eigenvalue weighted by molar-refractivity contribution is 9.10. The van der Waals surface area contributed by atoms with Crippen LogP contribution < -0.4 is 0 Å². The first-order chi connectivity index (χ1) is 6.07. The number of hydrogen-bond donors (Lipinski definition) is 0. The molecule has 0 spiro atoms. The minimum atomic E-state index is -0.677. The summed E-state index contributed by atoms with van der Waals surface area (Å²) in [6.07, 6.45) is 0.344. The summed E-state index contributed by atoms with van der Waals surface area (Å²) in [5, 5.41) is 0. The van der Waals surface area contributed by atoms with Crippen LogP contribution in [0.15, 0.2) is 16.6 Å². The van der Waals surface area contributed by atoms with Crippen molar-refractivity contribution in [2.75, 3.05) is 0 Å². The third-order valence-electron chi connectivity index (χ3n) is 1.61. The number of rotatable bonds is 2. The van der Waals surface area contributed by atoms with Gasteiger partial charge in [-0.15, -0.1) is 0 Å². The maximum atomic E-state index is 13.0. The van der Waals surface area contributed by atoms with E-state index < -0.39 is 5.82 Å². The molecule has 0 saturated heterocycles. The van der Waals surface area contributed by atoms with E-state index in [1.54, 1.807) is 0 Å². The number of Topliss-reactive ketones (excluding diaryl/α,β-unsaturated/α-hetero) is 1. The van der Waals surface area contributed by atoms with Gasteiger partial charge in [-0.25, -0.2) is 4.39 Å². The lowest BCUT2D eigenvalue weighted by molar-refractivity contribution is 0.100. The standard InChI is InChI=1S/C9H6BrFO2/c1-5(13)9-6(4-12)8(11)3-2-7(9)10/h2-4H,1H3. The summed E-state index contributed by atoms with van der Waals surface area (Å²) < 4.78 is 13.4. The summed E-state index contributed by atoms with van der Waals surface area (Å²) >= 11 is 3.08. The molecule has 1 aromatic carbocycles. The van der Waals surface area contributed by atoms with Crippen molar-refractivity contribution in [3.8, 4) is 0 Å². The Hall–Kier alpha value is -1.03. The first-order valence-electron chi connectivity index (χ1n) is 3.52. The van der Waals surface area contributed by atoms with Crippen LogP contribution in [0.1, 0.15) is 27.6 Å². The molecular weight excluding hydrogens is 239 g/mol. The van der Waals surface area contributed by atoms with Crippen molar-refractivity contribution in [2.45, 2.75) is 6.92 Å². The lowest BCUT2D eigenvalue weighted by Gasteiger charge is -2.03. The van der Waals surface area contributed by atoms with Crippen LogP contribution in [-0.2, 0) is 0 Å². The SMILES string of the molecule is CC(=O)c1c(Br)ccc(F)c1C=O. The molecule has 0 aliphatic rings. The van der Waals surface area contributed by atoms with E-state index in [9.17, 15) is 14.0 Å². The van der Waals surface area contributed by atoms with Crippen LogP contribution in [0.3, 0.4) is 0 Å². The van der Waals surface area contributed by atoms with Crippen molar-refractivity contribution < 1.29 is 14.0 Å². The summed E-state index contributed by atoms with van der Waals surface area (Å²) in [5.74, 6) is -1.02. The van der Waals surface area contributed by atoms with Crippen molar-refractivity contribution in [2.24, 2.45) is 0 Å². The molecule has 0 heterocycles. The monoisotopic (exact) mass is 244 g/mol. The number of carbonyl (C=O) groups excluding carboxylic acids is 2. The molecule has 0 amide bonds. The number of carbonyl (C=O) groups is 2. The number of halogens is 2. The molecule has 13 heavy (non-hydrogen) atoms. The van der Waals surface area contributed by atoms with Gasteiger partial charge in [0, 0.05) is 10.0 Å². The second-order valence-electron chi connectivity index (χ2n) is 2.49. The van der Waals surface area contributed by atoms with Crippen molar-refractivity contribution >= 4 is 28.0 Å². The lowest BCUT2D eigenvalue weighted by atomic mass is 10.1. The molecule has 4 heteroatoms. The van der Waals surface area contributed by atoms with Gasteiger partial charge in [-0.05, 0) is 19.1 Å². The van der Waals surface area contributed by atoms with E-state index in [1.165, 1.54) is 13.0 Å². The van der Waals surface area contributed by atoms with Crippen molar-refractivity contribution in [3.05, 3.63) is 33.5 Å². The highest BCUT2D eigenvalue weighted by Crippen LogP contribution is 2.22. The molecule has 0 radical (unpaired) electrons. The van der Waals surface area contributed by atoms with E-state index in [0.717, 1.165) is 6.07 Å². The quantitative estimate of drug-likeness (QED) is 0.592. The molecule has 0 bridgehead atoms. The van der Waals surface area contributed by atoms with E-state index in [2.05, 4.69) is 15.9 Å². The maximum Gasteiger partial charge on any atom is 0.161 e. The molecule has 0 saturated carbocycles. The number of benzene rings is 1.